The first-order valence-electron chi connectivity index (χ1n) is 11.0. The molecule has 158 valence electrons. The van der Waals surface area contributed by atoms with Crippen LogP contribution in [0.4, 0.5) is 5.69 Å². The van der Waals surface area contributed by atoms with Crippen LogP contribution in [0.2, 0.25) is 0 Å². The third-order valence-corrected chi connectivity index (χ3v) is 6.34. The molecule has 30 heavy (non-hydrogen) atoms. The molecule has 1 aromatic heterocycles. The molecule has 0 radical (unpaired) electrons. The summed E-state index contributed by atoms with van der Waals surface area (Å²) in [6.45, 7) is 5.24. The Morgan fingerprint density at radius 3 is 2.83 bits per heavy atom. The number of carbonyl (C=O) groups excluding carboxylic acids is 1. The van der Waals surface area contributed by atoms with Gasteiger partial charge in [0.2, 0.25) is 5.91 Å². The molecule has 5 heteroatoms. The number of anilines is 1. The van der Waals surface area contributed by atoms with Gasteiger partial charge in [-0.1, -0.05) is 23.8 Å². The highest BCUT2D eigenvalue weighted by Crippen LogP contribution is 2.37. The first-order chi connectivity index (χ1) is 14.6. The van der Waals surface area contributed by atoms with Crippen LogP contribution in [-0.4, -0.2) is 28.6 Å². The number of hydrogen-bond donors (Lipinski definition) is 2. The summed E-state index contributed by atoms with van der Waals surface area (Å²) in [6, 6.07) is 8.21. The van der Waals surface area contributed by atoms with E-state index in [4.69, 9.17) is 4.74 Å². The fourth-order valence-electron chi connectivity index (χ4n) is 4.46. The molecule has 4 rings (SSSR count). The molecule has 2 heterocycles. The summed E-state index contributed by atoms with van der Waals surface area (Å²) in [5.74, 6) is 0.274. The van der Waals surface area contributed by atoms with E-state index in [-0.39, 0.29) is 17.9 Å². The second-order valence-electron chi connectivity index (χ2n) is 8.45. The van der Waals surface area contributed by atoms with Crippen LogP contribution in [0.5, 0.6) is 0 Å². The lowest BCUT2D eigenvalue weighted by atomic mass is 9.80. The van der Waals surface area contributed by atoms with E-state index in [1.54, 1.807) is 6.33 Å². The Kier molecular flexibility index (Phi) is 6.48. The number of benzene rings is 1. The van der Waals surface area contributed by atoms with Crippen molar-refractivity contribution in [3.63, 3.8) is 0 Å². The first kappa shape index (κ1) is 20.6. The Morgan fingerprint density at radius 1 is 1.30 bits per heavy atom. The fourth-order valence-corrected chi connectivity index (χ4v) is 4.46. The molecule has 2 atom stereocenters. The minimum absolute atomic E-state index is 0.0218. The van der Waals surface area contributed by atoms with Gasteiger partial charge in [-0.15, -0.1) is 0 Å². The number of nitrogens with one attached hydrogen (secondary N) is 2. The fraction of sp³-hybridized carbons (Fsp3) is 0.440. The van der Waals surface area contributed by atoms with E-state index in [1.807, 2.05) is 18.3 Å². The van der Waals surface area contributed by atoms with Gasteiger partial charge in [-0.3, -0.25) is 4.79 Å². The highest BCUT2D eigenvalue weighted by Gasteiger charge is 2.23. The van der Waals surface area contributed by atoms with E-state index in [2.05, 4.69) is 47.3 Å². The number of aromatic nitrogens is 2. The number of carbonyl (C=O) groups is 1. The molecule has 0 spiro atoms. The summed E-state index contributed by atoms with van der Waals surface area (Å²) in [5, 5.41) is 3.00. The predicted octanol–water partition coefficient (Wildman–Crippen LogP) is 5.30. The van der Waals surface area contributed by atoms with Gasteiger partial charge in [0.25, 0.3) is 0 Å². The number of ether oxygens (including phenoxy) is 1. The maximum atomic E-state index is 12.2. The summed E-state index contributed by atoms with van der Waals surface area (Å²) in [7, 11) is 0. The van der Waals surface area contributed by atoms with Gasteiger partial charge in [0, 0.05) is 30.1 Å². The Bertz CT molecular complexity index is 920. The van der Waals surface area contributed by atoms with Crippen LogP contribution in [-0.2, 0) is 16.0 Å². The molecule has 2 aliphatic rings. The molecular weight excluding hydrogens is 374 g/mol. The molecule has 1 aromatic carbocycles. The standard InChI is InChI=1S/C25H31N3O2/c1-17-5-3-7-22(18(17)2)23(24-15-26-16-27-24)13-19-8-10-20(11-9-19)28-25(29)14-21-6-4-12-30-21/h7-11,15-16,21,23H,3-6,12-14H2,1-2H3,(H,26,27)(H,28,29). The van der Waals surface area contributed by atoms with Crippen LogP contribution in [0.25, 0.3) is 0 Å². The lowest BCUT2D eigenvalue weighted by molar-refractivity contribution is -0.118. The average molecular weight is 406 g/mol. The quantitative estimate of drug-likeness (QED) is 0.657. The normalized spacial score (nSPS) is 20.2. The second-order valence-corrected chi connectivity index (χ2v) is 8.45. The van der Waals surface area contributed by atoms with Gasteiger partial charge >= 0.3 is 0 Å². The molecule has 1 aliphatic carbocycles. The summed E-state index contributed by atoms with van der Waals surface area (Å²) >= 11 is 0. The summed E-state index contributed by atoms with van der Waals surface area (Å²) in [4.78, 5) is 19.8. The summed E-state index contributed by atoms with van der Waals surface area (Å²) in [6.07, 6.45) is 11.7. The Hall–Kier alpha value is -2.66. The minimum atomic E-state index is 0.0218. The van der Waals surface area contributed by atoms with E-state index >= 15 is 0 Å². The zero-order valence-electron chi connectivity index (χ0n) is 17.9. The highest BCUT2D eigenvalue weighted by atomic mass is 16.5. The van der Waals surface area contributed by atoms with Crippen molar-refractivity contribution in [1.82, 2.24) is 9.97 Å². The predicted molar refractivity (Wildman–Crippen MR) is 119 cm³/mol. The first-order valence-corrected chi connectivity index (χ1v) is 11.0. The SMILES string of the molecule is CC1=C(C)C(C(Cc2ccc(NC(=O)CC3CCCO3)cc2)c2cnc[nH]2)=CCC1. The van der Waals surface area contributed by atoms with Crippen molar-refractivity contribution in [1.29, 1.82) is 0 Å². The lowest BCUT2D eigenvalue weighted by Crippen LogP contribution is -2.19. The van der Waals surface area contributed by atoms with E-state index in [0.29, 0.717) is 6.42 Å². The van der Waals surface area contributed by atoms with Gasteiger partial charge in [-0.25, -0.2) is 4.98 Å². The van der Waals surface area contributed by atoms with Crippen LogP contribution >= 0.6 is 0 Å². The molecule has 1 fully saturated rings. The monoisotopic (exact) mass is 405 g/mol. The Labute approximate surface area is 178 Å². The van der Waals surface area contributed by atoms with Crippen molar-refractivity contribution in [2.24, 2.45) is 0 Å². The largest absolute Gasteiger partial charge is 0.378 e. The number of amides is 1. The molecule has 0 saturated carbocycles. The average Bonchev–Trinajstić information content (AvgIpc) is 3.44. The minimum Gasteiger partial charge on any atom is -0.378 e. The van der Waals surface area contributed by atoms with Crippen molar-refractivity contribution >= 4 is 11.6 Å². The van der Waals surface area contributed by atoms with Gasteiger partial charge in [-0.05, 0) is 74.8 Å². The van der Waals surface area contributed by atoms with Crippen molar-refractivity contribution < 1.29 is 9.53 Å². The molecule has 1 aliphatic heterocycles. The van der Waals surface area contributed by atoms with Gasteiger partial charge in [-0.2, -0.15) is 0 Å². The topological polar surface area (TPSA) is 67.0 Å². The van der Waals surface area contributed by atoms with E-state index < -0.39 is 0 Å². The van der Waals surface area contributed by atoms with Crippen LogP contribution in [0.1, 0.15) is 63.1 Å². The highest BCUT2D eigenvalue weighted by molar-refractivity contribution is 5.91. The van der Waals surface area contributed by atoms with Gasteiger partial charge in [0.15, 0.2) is 0 Å². The number of allylic oxidation sites excluding steroid dienone is 4. The van der Waals surface area contributed by atoms with Crippen molar-refractivity contribution in [2.75, 3.05) is 11.9 Å². The van der Waals surface area contributed by atoms with Crippen LogP contribution in [0, 0.1) is 0 Å². The Morgan fingerprint density at radius 2 is 2.13 bits per heavy atom. The van der Waals surface area contributed by atoms with Crippen LogP contribution in [0.3, 0.4) is 0 Å². The van der Waals surface area contributed by atoms with Crippen LogP contribution < -0.4 is 5.32 Å². The lowest BCUT2D eigenvalue weighted by Gasteiger charge is -2.25. The third-order valence-electron chi connectivity index (χ3n) is 6.34. The molecule has 1 saturated heterocycles. The van der Waals surface area contributed by atoms with Gasteiger partial charge < -0.3 is 15.0 Å². The number of H-pyrrole nitrogens is 1. The zero-order chi connectivity index (χ0) is 20.9. The third kappa shape index (κ3) is 4.90. The maximum Gasteiger partial charge on any atom is 0.226 e. The van der Waals surface area contributed by atoms with E-state index in [9.17, 15) is 4.79 Å². The molecule has 5 nitrogen and oxygen atoms in total. The van der Waals surface area contributed by atoms with Crippen LogP contribution in [0.15, 0.2) is 59.6 Å². The molecule has 0 bridgehead atoms. The van der Waals surface area contributed by atoms with Gasteiger partial charge in [0.1, 0.15) is 0 Å². The number of imidazole rings is 1. The van der Waals surface area contributed by atoms with Crippen molar-refractivity contribution in [3.05, 3.63) is 70.8 Å². The maximum absolute atomic E-state index is 12.2. The van der Waals surface area contributed by atoms with E-state index in [1.165, 1.54) is 22.3 Å². The number of hydrogen-bond acceptors (Lipinski definition) is 3. The summed E-state index contributed by atoms with van der Waals surface area (Å²) < 4.78 is 5.56. The molecule has 2 N–H and O–H groups in total. The molecule has 1 amide bonds. The van der Waals surface area contributed by atoms with Crippen molar-refractivity contribution in [2.45, 2.75) is 64.4 Å². The van der Waals surface area contributed by atoms with Crippen molar-refractivity contribution in [3.8, 4) is 0 Å². The number of aromatic amines is 1. The van der Waals surface area contributed by atoms with Gasteiger partial charge in [0.05, 0.1) is 18.9 Å². The Balaban J connectivity index is 1.45. The molecular formula is C25H31N3O2. The summed E-state index contributed by atoms with van der Waals surface area (Å²) in [5.41, 5.74) is 7.49. The second kappa shape index (κ2) is 9.43. The smallest absolute Gasteiger partial charge is 0.226 e. The molecule has 2 aromatic rings. The van der Waals surface area contributed by atoms with E-state index in [0.717, 1.165) is 50.1 Å². The number of rotatable bonds is 7. The molecule has 2 unspecified atom stereocenters. The zero-order valence-corrected chi connectivity index (χ0v) is 17.9. The number of nitrogens with zero attached hydrogens (tertiary/aromatic N) is 1.